The van der Waals surface area contributed by atoms with Crippen molar-refractivity contribution in [2.24, 2.45) is 0 Å². The summed E-state index contributed by atoms with van der Waals surface area (Å²) in [7, 11) is 1.64. The third kappa shape index (κ3) is 4.53. The first kappa shape index (κ1) is 19.9. The summed E-state index contributed by atoms with van der Waals surface area (Å²) < 4.78 is 10.9. The van der Waals surface area contributed by atoms with Crippen molar-refractivity contribution >= 4 is 5.91 Å². The maximum Gasteiger partial charge on any atom is 0.274 e. The van der Waals surface area contributed by atoms with Crippen molar-refractivity contribution in [1.82, 2.24) is 10.5 Å². The monoisotopic (exact) mass is 380 g/mol. The van der Waals surface area contributed by atoms with Gasteiger partial charge < -0.3 is 14.6 Å². The van der Waals surface area contributed by atoms with Crippen LogP contribution in [-0.4, -0.2) is 24.7 Å². The third-order valence-corrected chi connectivity index (χ3v) is 5.01. The van der Waals surface area contributed by atoms with E-state index in [4.69, 9.17) is 9.26 Å². The number of aryl methyl sites for hydroxylation is 1. The number of ether oxygens (including phenoxy) is 1. The van der Waals surface area contributed by atoms with Crippen molar-refractivity contribution in [2.75, 3.05) is 13.7 Å². The van der Waals surface area contributed by atoms with Gasteiger partial charge in [-0.3, -0.25) is 4.79 Å². The van der Waals surface area contributed by atoms with Gasteiger partial charge in [0.15, 0.2) is 11.5 Å². The van der Waals surface area contributed by atoms with E-state index in [-0.39, 0.29) is 5.91 Å². The van der Waals surface area contributed by atoms with E-state index >= 15 is 0 Å². The fraction of sp³-hybridized carbons (Fsp3) is 0.391. The Kier molecular flexibility index (Phi) is 6.34. The van der Waals surface area contributed by atoms with Crippen molar-refractivity contribution in [3.8, 4) is 17.1 Å². The predicted molar refractivity (Wildman–Crippen MR) is 111 cm³/mol. The van der Waals surface area contributed by atoms with Gasteiger partial charge >= 0.3 is 0 Å². The van der Waals surface area contributed by atoms with E-state index in [1.165, 1.54) is 16.7 Å². The lowest BCUT2D eigenvalue weighted by Crippen LogP contribution is -2.25. The van der Waals surface area contributed by atoms with E-state index in [0.29, 0.717) is 18.0 Å². The minimum Gasteiger partial charge on any atom is -0.497 e. The molecule has 0 saturated heterocycles. The first-order valence-corrected chi connectivity index (χ1v) is 9.72. The van der Waals surface area contributed by atoms with Crippen LogP contribution in [0.1, 0.15) is 55.2 Å². The van der Waals surface area contributed by atoms with Gasteiger partial charge in [0.2, 0.25) is 0 Å². The molecule has 0 atom stereocenters. The number of nitrogens with zero attached hydrogens (tertiary/aromatic N) is 1. The van der Waals surface area contributed by atoms with Gasteiger partial charge in [0, 0.05) is 17.7 Å². The van der Waals surface area contributed by atoms with Crippen molar-refractivity contribution in [2.45, 2.75) is 46.5 Å². The number of rotatable bonds is 7. The third-order valence-electron chi connectivity index (χ3n) is 5.01. The molecule has 1 aliphatic carbocycles. The number of fused-ring (bicyclic) bond motifs is 3. The molecule has 5 heteroatoms. The minimum absolute atomic E-state index is 0.190. The van der Waals surface area contributed by atoms with Crippen LogP contribution in [0.3, 0.4) is 0 Å². The van der Waals surface area contributed by atoms with E-state index in [1.54, 1.807) is 7.11 Å². The number of amides is 1. The fourth-order valence-corrected chi connectivity index (χ4v) is 3.40. The molecule has 3 rings (SSSR count). The lowest BCUT2D eigenvalue weighted by molar-refractivity contribution is 0.0948. The highest BCUT2D eigenvalue weighted by atomic mass is 16.5. The molecule has 0 radical (unpaired) electrons. The van der Waals surface area contributed by atoms with Gasteiger partial charge in [0.25, 0.3) is 5.91 Å². The summed E-state index contributed by atoms with van der Waals surface area (Å²) in [5.41, 5.74) is 6.01. The van der Waals surface area contributed by atoms with Crippen LogP contribution in [0.15, 0.2) is 46.0 Å². The van der Waals surface area contributed by atoms with Crippen molar-refractivity contribution in [3.63, 3.8) is 0 Å². The van der Waals surface area contributed by atoms with Crippen LogP contribution in [0.5, 0.6) is 5.75 Å². The average molecular weight is 380 g/mol. The Morgan fingerprint density at radius 2 is 2.07 bits per heavy atom. The lowest BCUT2D eigenvalue weighted by atomic mass is 9.89. The van der Waals surface area contributed by atoms with Crippen LogP contribution in [-0.2, 0) is 12.8 Å². The lowest BCUT2D eigenvalue weighted by Gasteiger charge is -2.15. The summed E-state index contributed by atoms with van der Waals surface area (Å²) >= 11 is 0. The second-order valence-corrected chi connectivity index (χ2v) is 7.44. The van der Waals surface area contributed by atoms with E-state index in [9.17, 15) is 4.79 Å². The first-order valence-electron chi connectivity index (χ1n) is 9.72. The average Bonchev–Trinajstić information content (AvgIpc) is 3.11. The van der Waals surface area contributed by atoms with Crippen LogP contribution in [0.4, 0.5) is 0 Å². The maximum absolute atomic E-state index is 12.6. The fourth-order valence-electron chi connectivity index (χ4n) is 3.40. The van der Waals surface area contributed by atoms with E-state index in [0.717, 1.165) is 42.6 Å². The SMILES string of the molecule is COc1ccc2c(c1)-c1onc(C(=O)NCC=C(C)CCC=C(C)C)c1CC2. The van der Waals surface area contributed by atoms with Crippen molar-refractivity contribution in [1.29, 1.82) is 0 Å². The number of hydrogen-bond acceptors (Lipinski definition) is 4. The zero-order valence-corrected chi connectivity index (χ0v) is 17.1. The number of hydrogen-bond donors (Lipinski definition) is 1. The van der Waals surface area contributed by atoms with Crippen molar-refractivity contribution < 1.29 is 14.1 Å². The molecule has 5 nitrogen and oxygen atoms in total. The molecule has 1 N–H and O–H groups in total. The van der Waals surface area contributed by atoms with Gasteiger partial charge in [-0.1, -0.05) is 34.5 Å². The zero-order chi connectivity index (χ0) is 20.1. The van der Waals surface area contributed by atoms with Crippen LogP contribution in [0, 0.1) is 0 Å². The van der Waals surface area contributed by atoms with Crippen LogP contribution < -0.4 is 10.1 Å². The molecule has 0 aliphatic heterocycles. The highest BCUT2D eigenvalue weighted by molar-refractivity contribution is 5.95. The van der Waals surface area contributed by atoms with Gasteiger partial charge in [0.1, 0.15) is 5.75 Å². The molecular weight excluding hydrogens is 352 g/mol. The summed E-state index contributed by atoms with van der Waals surface area (Å²) in [4.78, 5) is 12.6. The normalized spacial score (nSPS) is 12.8. The number of carbonyl (C=O) groups is 1. The molecule has 0 spiro atoms. The van der Waals surface area contributed by atoms with E-state index in [2.05, 4.69) is 43.4 Å². The highest BCUT2D eigenvalue weighted by Gasteiger charge is 2.27. The Hall–Kier alpha value is -2.82. The van der Waals surface area contributed by atoms with Crippen molar-refractivity contribution in [3.05, 3.63) is 58.3 Å². The Balaban J connectivity index is 1.67. The van der Waals surface area contributed by atoms with E-state index in [1.807, 2.05) is 18.2 Å². The van der Waals surface area contributed by atoms with Crippen LogP contribution in [0.25, 0.3) is 11.3 Å². The molecular formula is C23H28N2O3. The molecule has 1 aromatic carbocycles. The molecule has 0 unspecified atom stereocenters. The maximum atomic E-state index is 12.6. The number of allylic oxidation sites excluding steroid dienone is 3. The Morgan fingerprint density at radius 3 is 2.82 bits per heavy atom. The quantitative estimate of drug-likeness (QED) is 0.696. The van der Waals surface area contributed by atoms with Gasteiger partial charge in [-0.25, -0.2) is 0 Å². The number of methoxy groups -OCH3 is 1. The number of nitrogens with one attached hydrogen (secondary N) is 1. The smallest absolute Gasteiger partial charge is 0.274 e. The van der Waals surface area contributed by atoms with Gasteiger partial charge in [-0.15, -0.1) is 0 Å². The van der Waals surface area contributed by atoms with Crippen LogP contribution >= 0.6 is 0 Å². The molecule has 1 amide bonds. The second kappa shape index (κ2) is 8.91. The Bertz CT molecular complexity index is 918. The van der Waals surface area contributed by atoms with Gasteiger partial charge in [0.05, 0.1) is 7.11 Å². The standard InChI is InChI=1S/C23H28N2O3/c1-15(2)6-5-7-16(3)12-13-24-23(26)21-19-11-9-17-8-10-18(27-4)14-20(17)22(19)28-25-21/h6,8,10,12,14H,5,7,9,11,13H2,1-4H3,(H,24,26). The van der Waals surface area contributed by atoms with Gasteiger partial charge in [-0.2, -0.15) is 0 Å². The van der Waals surface area contributed by atoms with Crippen LogP contribution in [0.2, 0.25) is 0 Å². The molecule has 1 heterocycles. The summed E-state index contributed by atoms with van der Waals surface area (Å²) in [6.45, 7) is 6.79. The summed E-state index contributed by atoms with van der Waals surface area (Å²) in [6.07, 6.45) is 7.92. The first-order chi connectivity index (χ1) is 13.5. The molecule has 2 aromatic rings. The molecule has 0 fully saturated rings. The summed E-state index contributed by atoms with van der Waals surface area (Å²) in [6, 6.07) is 5.93. The molecule has 1 aliphatic rings. The largest absolute Gasteiger partial charge is 0.497 e. The second-order valence-electron chi connectivity index (χ2n) is 7.44. The Morgan fingerprint density at radius 1 is 1.25 bits per heavy atom. The zero-order valence-electron chi connectivity index (χ0n) is 17.1. The molecule has 28 heavy (non-hydrogen) atoms. The summed E-state index contributed by atoms with van der Waals surface area (Å²) in [5.74, 6) is 1.26. The number of benzene rings is 1. The van der Waals surface area contributed by atoms with E-state index < -0.39 is 0 Å². The Labute approximate surface area is 166 Å². The van der Waals surface area contributed by atoms with Gasteiger partial charge in [-0.05, 0) is 64.2 Å². The summed E-state index contributed by atoms with van der Waals surface area (Å²) in [5, 5.41) is 7.00. The number of aromatic nitrogens is 1. The molecule has 148 valence electrons. The molecule has 1 aromatic heterocycles. The molecule has 0 bridgehead atoms. The predicted octanol–water partition coefficient (Wildman–Crippen LogP) is 4.87. The highest BCUT2D eigenvalue weighted by Crippen LogP contribution is 2.37. The number of carbonyl (C=O) groups excluding carboxylic acids is 1. The minimum atomic E-state index is -0.190. The topological polar surface area (TPSA) is 64.4 Å². The molecule has 0 saturated carbocycles.